The first kappa shape index (κ1) is 12.7. The molecule has 0 unspecified atom stereocenters. The minimum atomic E-state index is 0.550. The Morgan fingerprint density at radius 3 is 3.14 bits per heavy atom. The monoisotopic (exact) mass is 279 g/mol. The van der Waals surface area contributed by atoms with Gasteiger partial charge < -0.3 is 15.0 Å². The molecule has 0 spiro atoms. The summed E-state index contributed by atoms with van der Waals surface area (Å²) >= 11 is 0. The molecule has 0 aliphatic carbocycles. The zero-order valence-corrected chi connectivity index (χ0v) is 12.0. The van der Waals surface area contributed by atoms with Gasteiger partial charge in [0.2, 0.25) is 0 Å². The summed E-state index contributed by atoms with van der Waals surface area (Å²) in [5.74, 6) is 1.01. The number of ether oxygens (including phenoxy) is 1. The molecular weight excluding hydrogens is 260 g/mol. The van der Waals surface area contributed by atoms with Crippen LogP contribution in [0.4, 0.5) is 5.69 Å². The normalized spacial score (nSPS) is 21.0. The molecule has 1 N–H and O–H groups in total. The molecule has 3 nitrogen and oxygen atoms in total. The third-order valence-electron chi connectivity index (χ3n) is 4.35. The van der Waals surface area contributed by atoms with E-state index in [1.54, 1.807) is 0 Å². The van der Waals surface area contributed by atoms with Crippen LogP contribution in [0.3, 0.4) is 0 Å². The van der Waals surface area contributed by atoms with Gasteiger partial charge in [0.25, 0.3) is 0 Å². The van der Waals surface area contributed by atoms with Gasteiger partial charge in [-0.25, -0.2) is 0 Å². The number of fused-ring (bicyclic) bond motifs is 3. The van der Waals surface area contributed by atoms with Crippen molar-refractivity contribution in [3.8, 4) is 16.9 Å². The maximum atomic E-state index is 6.02. The second kappa shape index (κ2) is 5.41. The Morgan fingerprint density at radius 1 is 1.24 bits per heavy atom. The average Bonchev–Trinajstić information content (AvgIpc) is 2.74. The van der Waals surface area contributed by atoms with E-state index >= 15 is 0 Å². The first-order chi connectivity index (χ1) is 10.4. The molecule has 0 bridgehead atoms. The van der Waals surface area contributed by atoms with Crippen LogP contribution in [0.5, 0.6) is 5.75 Å². The lowest BCUT2D eigenvalue weighted by molar-refractivity contribution is 0.304. The predicted octanol–water partition coefficient (Wildman–Crippen LogP) is 2.71. The van der Waals surface area contributed by atoms with Gasteiger partial charge in [-0.2, -0.15) is 0 Å². The number of hydrogen-bond donors (Lipinski definition) is 1. The van der Waals surface area contributed by atoms with Crippen LogP contribution in [-0.4, -0.2) is 32.3 Å². The number of nitrogens with one attached hydrogen (secondary N) is 1. The second-order valence-corrected chi connectivity index (χ2v) is 5.65. The molecule has 2 aromatic rings. The second-order valence-electron chi connectivity index (χ2n) is 5.65. The highest BCUT2D eigenvalue weighted by atomic mass is 16.5. The molecule has 3 heteroatoms. The van der Waals surface area contributed by atoms with Crippen LogP contribution in [-0.2, 0) is 0 Å². The summed E-state index contributed by atoms with van der Waals surface area (Å²) in [5, 5.41) is 3.48. The molecule has 2 aliphatic heterocycles. The number of hydrogen-bond acceptors (Lipinski definition) is 3. The summed E-state index contributed by atoms with van der Waals surface area (Å²) in [5.41, 5.74) is 3.52. The fourth-order valence-electron chi connectivity index (χ4n) is 3.25. The van der Waals surface area contributed by atoms with Gasteiger partial charge in [-0.1, -0.05) is 30.3 Å². The molecule has 0 amide bonds. The highest BCUT2D eigenvalue weighted by Gasteiger charge is 2.27. The van der Waals surface area contributed by atoms with E-state index in [-0.39, 0.29) is 0 Å². The molecule has 2 aromatic carbocycles. The number of benzene rings is 2. The quantitative estimate of drug-likeness (QED) is 0.868. The Hall–Kier alpha value is -2.00. The van der Waals surface area contributed by atoms with Crippen molar-refractivity contribution in [3.05, 3.63) is 48.5 Å². The topological polar surface area (TPSA) is 24.5 Å². The summed E-state index contributed by atoms with van der Waals surface area (Å²) < 4.78 is 6.02. The van der Waals surface area contributed by atoms with Crippen LogP contribution in [0.1, 0.15) is 6.42 Å². The van der Waals surface area contributed by atoms with Crippen molar-refractivity contribution in [1.82, 2.24) is 5.32 Å². The molecule has 1 saturated heterocycles. The molecule has 0 saturated carbocycles. The maximum absolute atomic E-state index is 6.02. The smallest absolute Gasteiger partial charge is 0.143 e. The molecular formula is C18H19N2O. The first-order valence-corrected chi connectivity index (χ1v) is 7.63. The van der Waals surface area contributed by atoms with Crippen LogP contribution < -0.4 is 15.0 Å². The molecule has 107 valence electrons. The van der Waals surface area contributed by atoms with E-state index in [0.29, 0.717) is 6.04 Å². The summed E-state index contributed by atoms with van der Waals surface area (Å²) in [6, 6.07) is 18.5. The molecule has 2 aliphatic rings. The lowest BCUT2D eigenvalue weighted by Crippen LogP contribution is -2.51. The molecule has 1 fully saturated rings. The van der Waals surface area contributed by atoms with Crippen molar-refractivity contribution in [2.45, 2.75) is 12.5 Å². The third-order valence-corrected chi connectivity index (χ3v) is 4.35. The van der Waals surface area contributed by atoms with Crippen molar-refractivity contribution >= 4 is 5.69 Å². The Bertz CT molecular complexity index is 626. The lowest BCUT2D eigenvalue weighted by atomic mass is 10.0. The Labute approximate surface area is 125 Å². The van der Waals surface area contributed by atoms with Crippen molar-refractivity contribution in [2.75, 3.05) is 31.1 Å². The van der Waals surface area contributed by atoms with Gasteiger partial charge in [-0.05, 0) is 29.3 Å². The van der Waals surface area contributed by atoms with Gasteiger partial charge >= 0.3 is 0 Å². The SMILES string of the molecule is [c]1ccccc1-c1ccc2c(c1)OCC[C@H]1CNCCN21. The average molecular weight is 279 g/mol. The summed E-state index contributed by atoms with van der Waals surface area (Å²) in [4.78, 5) is 2.50. The highest BCUT2D eigenvalue weighted by Crippen LogP contribution is 2.37. The summed E-state index contributed by atoms with van der Waals surface area (Å²) in [6.45, 7) is 3.94. The summed E-state index contributed by atoms with van der Waals surface area (Å²) in [7, 11) is 0. The fourth-order valence-corrected chi connectivity index (χ4v) is 3.25. The van der Waals surface area contributed by atoms with Gasteiger partial charge in [0, 0.05) is 32.1 Å². The standard InChI is InChI=1S/C18H19N2O/c1-2-4-14(5-3-1)15-6-7-17-18(12-15)21-11-8-16-13-19-9-10-20(16)17/h1-4,6-7,12,16,19H,8-11,13H2/t16-/m0/s1. The van der Waals surface area contributed by atoms with Crippen LogP contribution in [0.15, 0.2) is 42.5 Å². The van der Waals surface area contributed by atoms with Gasteiger partial charge in [-0.15, -0.1) is 0 Å². The Balaban J connectivity index is 1.73. The van der Waals surface area contributed by atoms with E-state index in [1.807, 2.05) is 18.2 Å². The first-order valence-electron chi connectivity index (χ1n) is 7.63. The Kier molecular flexibility index (Phi) is 3.28. The van der Waals surface area contributed by atoms with E-state index in [2.05, 4.69) is 40.5 Å². The largest absolute Gasteiger partial charge is 0.491 e. The predicted molar refractivity (Wildman–Crippen MR) is 84.8 cm³/mol. The lowest BCUT2D eigenvalue weighted by Gasteiger charge is -2.36. The minimum Gasteiger partial charge on any atom is -0.491 e. The van der Waals surface area contributed by atoms with Crippen LogP contribution >= 0.6 is 0 Å². The van der Waals surface area contributed by atoms with E-state index in [1.165, 1.54) is 11.3 Å². The van der Waals surface area contributed by atoms with Crippen molar-refractivity contribution < 1.29 is 4.74 Å². The molecule has 1 atom stereocenters. The van der Waals surface area contributed by atoms with Crippen molar-refractivity contribution in [1.29, 1.82) is 0 Å². The van der Waals surface area contributed by atoms with Gasteiger partial charge in [-0.3, -0.25) is 0 Å². The van der Waals surface area contributed by atoms with E-state index < -0.39 is 0 Å². The van der Waals surface area contributed by atoms with E-state index in [0.717, 1.165) is 44.0 Å². The fraction of sp³-hybridized carbons (Fsp3) is 0.333. The zero-order valence-electron chi connectivity index (χ0n) is 12.0. The third kappa shape index (κ3) is 2.38. The Morgan fingerprint density at radius 2 is 2.24 bits per heavy atom. The molecule has 2 heterocycles. The maximum Gasteiger partial charge on any atom is 0.143 e. The zero-order chi connectivity index (χ0) is 14.1. The highest BCUT2D eigenvalue weighted by molar-refractivity contribution is 5.71. The molecule has 21 heavy (non-hydrogen) atoms. The summed E-state index contributed by atoms with van der Waals surface area (Å²) in [6.07, 6.45) is 1.08. The number of nitrogens with zero attached hydrogens (tertiary/aromatic N) is 1. The van der Waals surface area contributed by atoms with Crippen molar-refractivity contribution in [3.63, 3.8) is 0 Å². The van der Waals surface area contributed by atoms with E-state index in [4.69, 9.17) is 4.74 Å². The van der Waals surface area contributed by atoms with Crippen LogP contribution in [0, 0.1) is 6.07 Å². The van der Waals surface area contributed by atoms with Crippen molar-refractivity contribution in [2.24, 2.45) is 0 Å². The molecule has 4 rings (SSSR count). The minimum absolute atomic E-state index is 0.550. The van der Waals surface area contributed by atoms with E-state index in [9.17, 15) is 0 Å². The van der Waals surface area contributed by atoms with Gasteiger partial charge in [0.05, 0.1) is 12.3 Å². The van der Waals surface area contributed by atoms with Crippen LogP contribution in [0.2, 0.25) is 0 Å². The number of anilines is 1. The number of rotatable bonds is 1. The molecule has 0 aromatic heterocycles. The van der Waals surface area contributed by atoms with Gasteiger partial charge in [0.1, 0.15) is 5.75 Å². The van der Waals surface area contributed by atoms with Gasteiger partial charge in [0.15, 0.2) is 0 Å². The molecule has 1 radical (unpaired) electrons. The van der Waals surface area contributed by atoms with Crippen LogP contribution in [0.25, 0.3) is 11.1 Å². The number of piperazine rings is 1.